The Kier molecular flexibility index (Phi) is 3.52. The molecule has 0 aliphatic carbocycles. The van der Waals surface area contributed by atoms with Gasteiger partial charge in [0.05, 0.1) is 6.20 Å². The average molecular weight is 180 g/mol. The van der Waals surface area contributed by atoms with E-state index in [4.69, 9.17) is 0 Å². The summed E-state index contributed by atoms with van der Waals surface area (Å²) < 4.78 is 2.15. The summed E-state index contributed by atoms with van der Waals surface area (Å²) in [5.41, 5.74) is 2.81. The van der Waals surface area contributed by atoms with Gasteiger partial charge in [-0.25, -0.2) is 0 Å². The Hall–Kier alpha value is -0.790. The van der Waals surface area contributed by atoms with Crippen molar-refractivity contribution < 1.29 is 0 Å². The Bertz CT molecular complexity index is 263. The second kappa shape index (κ2) is 4.45. The standard InChI is InChI=1S/C9H14N2.C2H6/c1-7-3-4-11-9(5-7)8(2)6-10-11;1-2/h6-7H,3-5H2,1-2H3;1-2H3/t7-;/m0./s1. The van der Waals surface area contributed by atoms with Crippen LogP contribution in [0.1, 0.15) is 38.4 Å². The second-order valence-electron chi connectivity index (χ2n) is 3.60. The summed E-state index contributed by atoms with van der Waals surface area (Å²) in [7, 11) is 0. The summed E-state index contributed by atoms with van der Waals surface area (Å²) >= 11 is 0. The van der Waals surface area contributed by atoms with Gasteiger partial charge in [-0.3, -0.25) is 4.68 Å². The van der Waals surface area contributed by atoms with Crippen LogP contribution in [0.15, 0.2) is 6.20 Å². The van der Waals surface area contributed by atoms with Crippen LogP contribution in [0.2, 0.25) is 0 Å². The van der Waals surface area contributed by atoms with E-state index in [9.17, 15) is 0 Å². The van der Waals surface area contributed by atoms with Gasteiger partial charge in [0.15, 0.2) is 0 Å². The van der Waals surface area contributed by atoms with E-state index in [1.54, 1.807) is 0 Å². The van der Waals surface area contributed by atoms with Crippen LogP contribution in [0, 0.1) is 12.8 Å². The van der Waals surface area contributed by atoms with Crippen molar-refractivity contribution in [2.75, 3.05) is 0 Å². The molecule has 2 heterocycles. The van der Waals surface area contributed by atoms with Crippen molar-refractivity contribution in [3.8, 4) is 0 Å². The summed E-state index contributed by atoms with van der Waals surface area (Å²) in [6.45, 7) is 9.58. The van der Waals surface area contributed by atoms with Crippen LogP contribution >= 0.6 is 0 Å². The van der Waals surface area contributed by atoms with E-state index in [-0.39, 0.29) is 0 Å². The molecule has 1 aromatic rings. The summed E-state index contributed by atoms with van der Waals surface area (Å²) in [6, 6.07) is 0. The second-order valence-corrected chi connectivity index (χ2v) is 3.60. The van der Waals surface area contributed by atoms with Gasteiger partial charge in [-0.05, 0) is 31.2 Å². The van der Waals surface area contributed by atoms with Gasteiger partial charge in [0.1, 0.15) is 0 Å². The van der Waals surface area contributed by atoms with Crippen LogP contribution in [0.5, 0.6) is 0 Å². The molecule has 74 valence electrons. The van der Waals surface area contributed by atoms with E-state index in [1.807, 2.05) is 20.0 Å². The molecule has 0 saturated heterocycles. The number of hydrogen-bond acceptors (Lipinski definition) is 1. The first-order valence-electron chi connectivity index (χ1n) is 5.28. The van der Waals surface area contributed by atoms with Crippen LogP contribution in [0.3, 0.4) is 0 Å². The van der Waals surface area contributed by atoms with Gasteiger partial charge in [-0.1, -0.05) is 20.8 Å². The molecule has 13 heavy (non-hydrogen) atoms. The predicted molar refractivity (Wildman–Crippen MR) is 55.8 cm³/mol. The zero-order valence-corrected chi connectivity index (χ0v) is 9.17. The molecule has 2 heteroatoms. The van der Waals surface area contributed by atoms with Crippen molar-refractivity contribution in [1.82, 2.24) is 9.78 Å². The topological polar surface area (TPSA) is 17.8 Å². The van der Waals surface area contributed by atoms with Crippen molar-refractivity contribution >= 4 is 0 Å². The van der Waals surface area contributed by atoms with Gasteiger partial charge >= 0.3 is 0 Å². The Balaban J connectivity index is 0.000000396. The first-order chi connectivity index (χ1) is 6.27. The molecular weight excluding hydrogens is 160 g/mol. The lowest BCUT2D eigenvalue weighted by atomic mass is 9.97. The van der Waals surface area contributed by atoms with Crippen molar-refractivity contribution in [3.05, 3.63) is 17.5 Å². The minimum absolute atomic E-state index is 0.845. The molecule has 0 unspecified atom stereocenters. The molecule has 0 N–H and O–H groups in total. The number of fused-ring (bicyclic) bond motifs is 1. The molecule has 0 amide bonds. The SMILES string of the molecule is CC.Cc1cnn2c1C[C@@H](C)CC2. The maximum absolute atomic E-state index is 4.31. The first kappa shape index (κ1) is 10.3. The third-order valence-corrected chi connectivity index (χ3v) is 2.53. The van der Waals surface area contributed by atoms with E-state index < -0.39 is 0 Å². The van der Waals surface area contributed by atoms with Crippen molar-refractivity contribution in [1.29, 1.82) is 0 Å². The zero-order valence-electron chi connectivity index (χ0n) is 9.17. The van der Waals surface area contributed by atoms with Crippen LogP contribution in [-0.4, -0.2) is 9.78 Å². The largest absolute Gasteiger partial charge is 0.269 e. The number of rotatable bonds is 0. The van der Waals surface area contributed by atoms with E-state index >= 15 is 0 Å². The van der Waals surface area contributed by atoms with Gasteiger partial charge in [-0.15, -0.1) is 0 Å². The average Bonchev–Trinajstić information content (AvgIpc) is 2.52. The fourth-order valence-electron chi connectivity index (χ4n) is 1.74. The lowest BCUT2D eigenvalue weighted by Gasteiger charge is -2.20. The minimum Gasteiger partial charge on any atom is -0.269 e. The Morgan fingerprint density at radius 1 is 1.46 bits per heavy atom. The molecule has 0 spiro atoms. The molecular formula is C11H20N2. The Morgan fingerprint density at radius 2 is 2.15 bits per heavy atom. The van der Waals surface area contributed by atoms with E-state index in [1.165, 1.54) is 24.1 Å². The maximum Gasteiger partial charge on any atom is 0.0521 e. The molecule has 0 saturated carbocycles. The predicted octanol–water partition coefficient (Wildman–Crippen LogP) is 2.80. The van der Waals surface area contributed by atoms with Crippen molar-refractivity contribution in [2.45, 2.75) is 47.1 Å². The zero-order chi connectivity index (χ0) is 9.84. The van der Waals surface area contributed by atoms with Gasteiger partial charge in [0.25, 0.3) is 0 Å². The van der Waals surface area contributed by atoms with Gasteiger partial charge in [0, 0.05) is 12.2 Å². The maximum atomic E-state index is 4.31. The van der Waals surface area contributed by atoms with Gasteiger partial charge in [-0.2, -0.15) is 5.10 Å². The van der Waals surface area contributed by atoms with Gasteiger partial charge < -0.3 is 0 Å². The highest BCUT2D eigenvalue weighted by Crippen LogP contribution is 2.21. The molecule has 0 radical (unpaired) electrons. The molecule has 1 aliphatic rings. The lowest BCUT2D eigenvalue weighted by molar-refractivity contribution is 0.390. The van der Waals surface area contributed by atoms with E-state index in [2.05, 4.69) is 23.6 Å². The third kappa shape index (κ3) is 2.11. The Labute approximate surface area is 81.0 Å². The summed E-state index contributed by atoms with van der Waals surface area (Å²) in [5.74, 6) is 0.845. The number of aromatic nitrogens is 2. The highest BCUT2D eigenvalue weighted by molar-refractivity contribution is 5.17. The Morgan fingerprint density at radius 3 is 2.85 bits per heavy atom. The quantitative estimate of drug-likeness (QED) is 0.600. The fraction of sp³-hybridized carbons (Fsp3) is 0.727. The summed E-state index contributed by atoms with van der Waals surface area (Å²) in [5, 5.41) is 4.31. The molecule has 1 atom stereocenters. The molecule has 0 aromatic carbocycles. The normalized spacial score (nSPS) is 20.2. The summed E-state index contributed by atoms with van der Waals surface area (Å²) in [6.07, 6.45) is 4.48. The van der Waals surface area contributed by atoms with Crippen molar-refractivity contribution in [2.24, 2.45) is 5.92 Å². The monoisotopic (exact) mass is 180 g/mol. The minimum atomic E-state index is 0.845. The molecule has 0 bridgehead atoms. The van der Waals surface area contributed by atoms with Crippen LogP contribution in [0.25, 0.3) is 0 Å². The number of nitrogens with zero attached hydrogens (tertiary/aromatic N) is 2. The van der Waals surface area contributed by atoms with Crippen LogP contribution < -0.4 is 0 Å². The lowest BCUT2D eigenvalue weighted by Crippen LogP contribution is -2.18. The molecule has 2 nitrogen and oxygen atoms in total. The molecule has 1 aromatic heterocycles. The van der Waals surface area contributed by atoms with E-state index in [0.29, 0.717) is 0 Å². The highest BCUT2D eigenvalue weighted by Gasteiger charge is 2.16. The molecule has 1 aliphatic heterocycles. The highest BCUT2D eigenvalue weighted by atomic mass is 15.3. The van der Waals surface area contributed by atoms with Crippen LogP contribution in [-0.2, 0) is 13.0 Å². The molecule has 2 rings (SSSR count). The summed E-state index contributed by atoms with van der Waals surface area (Å²) in [4.78, 5) is 0. The van der Waals surface area contributed by atoms with Crippen LogP contribution in [0.4, 0.5) is 0 Å². The van der Waals surface area contributed by atoms with E-state index in [0.717, 1.165) is 12.5 Å². The third-order valence-electron chi connectivity index (χ3n) is 2.53. The molecule has 0 fully saturated rings. The smallest absolute Gasteiger partial charge is 0.0521 e. The fourth-order valence-corrected chi connectivity index (χ4v) is 1.74. The van der Waals surface area contributed by atoms with Crippen molar-refractivity contribution in [3.63, 3.8) is 0 Å². The van der Waals surface area contributed by atoms with Gasteiger partial charge in [0.2, 0.25) is 0 Å². The number of aryl methyl sites for hydroxylation is 2. The number of hydrogen-bond donors (Lipinski definition) is 0. The first-order valence-corrected chi connectivity index (χ1v) is 5.28.